The van der Waals surface area contributed by atoms with E-state index in [-0.39, 0.29) is 5.43 Å². The van der Waals surface area contributed by atoms with Crippen LogP contribution in [0.3, 0.4) is 0 Å². The average Bonchev–Trinajstić information content (AvgIpc) is 2.23. The predicted octanol–water partition coefficient (Wildman–Crippen LogP) is 2.91. The van der Waals surface area contributed by atoms with Crippen LogP contribution in [0.25, 0.3) is 10.9 Å². The summed E-state index contributed by atoms with van der Waals surface area (Å²) < 4.78 is 1.93. The number of pyridine rings is 1. The Morgan fingerprint density at radius 2 is 2.13 bits per heavy atom. The lowest BCUT2D eigenvalue weighted by Gasteiger charge is -2.07. The molecule has 0 bridgehead atoms. The second-order valence-electron chi connectivity index (χ2n) is 3.30. The number of halogens is 1. The summed E-state index contributed by atoms with van der Waals surface area (Å²) in [5, 5.41) is 1.36. The molecule has 1 aromatic carbocycles. The van der Waals surface area contributed by atoms with Crippen molar-refractivity contribution >= 4 is 34.3 Å². The summed E-state index contributed by atoms with van der Waals surface area (Å²) in [6.45, 7) is 0. The molecule has 0 unspecified atom stereocenters. The largest absolute Gasteiger partial charge is 0.349 e. The molecule has 0 saturated carbocycles. The van der Waals surface area contributed by atoms with Gasteiger partial charge >= 0.3 is 0 Å². The number of rotatable bonds is 1. The molecule has 0 saturated heterocycles. The number of thioether (sulfide) groups is 1. The van der Waals surface area contributed by atoms with Gasteiger partial charge < -0.3 is 4.57 Å². The van der Waals surface area contributed by atoms with Crippen LogP contribution in [-0.2, 0) is 7.05 Å². The lowest BCUT2D eigenvalue weighted by atomic mass is 10.2. The summed E-state index contributed by atoms with van der Waals surface area (Å²) in [4.78, 5) is 12.7. The van der Waals surface area contributed by atoms with E-state index in [4.69, 9.17) is 11.6 Å². The Balaban J connectivity index is 2.93. The van der Waals surface area contributed by atoms with E-state index in [0.717, 1.165) is 10.4 Å². The maximum Gasteiger partial charge on any atom is 0.202 e. The maximum atomic E-state index is 11.9. The fraction of sp³-hybridized carbons (Fsp3) is 0.182. The van der Waals surface area contributed by atoms with Crippen LogP contribution >= 0.6 is 23.4 Å². The van der Waals surface area contributed by atoms with Crippen LogP contribution in [0.5, 0.6) is 0 Å². The number of aromatic nitrogens is 1. The Morgan fingerprint density at radius 3 is 2.80 bits per heavy atom. The summed E-state index contributed by atoms with van der Waals surface area (Å²) in [7, 11) is 1.91. The fourth-order valence-corrected chi connectivity index (χ4v) is 2.30. The van der Waals surface area contributed by atoms with Gasteiger partial charge in [-0.05, 0) is 24.5 Å². The van der Waals surface area contributed by atoms with Gasteiger partial charge in [0, 0.05) is 23.7 Å². The second kappa shape index (κ2) is 3.91. The molecule has 0 aliphatic carbocycles. The summed E-state index contributed by atoms with van der Waals surface area (Å²) in [5.74, 6) is 0. The van der Waals surface area contributed by atoms with Crippen LogP contribution in [0, 0.1) is 0 Å². The molecule has 2 aromatic rings. The molecule has 1 heterocycles. The van der Waals surface area contributed by atoms with Crippen molar-refractivity contribution in [2.75, 3.05) is 6.26 Å². The minimum Gasteiger partial charge on any atom is -0.349 e. The number of hydrogen-bond acceptors (Lipinski definition) is 2. The molecule has 0 aliphatic heterocycles. The number of hydrogen-bond donors (Lipinski definition) is 0. The van der Waals surface area contributed by atoms with Crippen LogP contribution in [-0.4, -0.2) is 10.8 Å². The zero-order chi connectivity index (χ0) is 11.0. The molecule has 15 heavy (non-hydrogen) atoms. The molecule has 0 radical (unpaired) electrons. The van der Waals surface area contributed by atoms with E-state index in [9.17, 15) is 4.79 Å². The van der Waals surface area contributed by atoms with Crippen molar-refractivity contribution in [2.45, 2.75) is 4.90 Å². The van der Waals surface area contributed by atoms with Gasteiger partial charge in [-0.25, -0.2) is 0 Å². The van der Waals surface area contributed by atoms with Crippen LogP contribution in [0.4, 0.5) is 0 Å². The van der Waals surface area contributed by atoms with Crippen molar-refractivity contribution in [2.24, 2.45) is 7.05 Å². The highest BCUT2D eigenvalue weighted by atomic mass is 35.5. The maximum absolute atomic E-state index is 11.9. The fourth-order valence-electron chi connectivity index (χ4n) is 1.57. The molecule has 4 heteroatoms. The van der Waals surface area contributed by atoms with E-state index < -0.39 is 0 Å². The lowest BCUT2D eigenvalue weighted by molar-refractivity contribution is 0.924. The summed E-state index contributed by atoms with van der Waals surface area (Å²) in [6, 6.07) is 5.33. The van der Waals surface area contributed by atoms with Crippen molar-refractivity contribution < 1.29 is 0 Å². The molecule has 1 aromatic heterocycles. The summed E-state index contributed by atoms with van der Waals surface area (Å²) in [6.07, 6.45) is 3.74. The zero-order valence-electron chi connectivity index (χ0n) is 8.45. The quantitative estimate of drug-likeness (QED) is 0.714. The third-order valence-electron chi connectivity index (χ3n) is 2.34. The van der Waals surface area contributed by atoms with Gasteiger partial charge in [-0.1, -0.05) is 11.6 Å². The van der Waals surface area contributed by atoms with Crippen molar-refractivity contribution in [3.8, 4) is 0 Å². The number of nitrogens with zero attached hydrogens (tertiary/aromatic N) is 1. The summed E-state index contributed by atoms with van der Waals surface area (Å²) >= 11 is 7.36. The molecule has 0 N–H and O–H groups in total. The first-order chi connectivity index (χ1) is 7.13. The van der Waals surface area contributed by atoms with Gasteiger partial charge in [0.1, 0.15) is 0 Å². The van der Waals surface area contributed by atoms with Crippen molar-refractivity contribution in [1.82, 2.24) is 4.57 Å². The average molecular weight is 240 g/mol. The number of benzene rings is 1. The third-order valence-corrected chi connectivity index (χ3v) is 3.30. The zero-order valence-corrected chi connectivity index (χ0v) is 10.0. The molecule has 0 atom stereocenters. The van der Waals surface area contributed by atoms with Gasteiger partial charge in [-0.15, -0.1) is 11.8 Å². The predicted molar refractivity (Wildman–Crippen MR) is 66.0 cm³/mol. The van der Waals surface area contributed by atoms with Gasteiger partial charge in [0.05, 0.1) is 10.4 Å². The van der Waals surface area contributed by atoms with Gasteiger partial charge in [0.2, 0.25) is 5.43 Å². The van der Waals surface area contributed by atoms with E-state index >= 15 is 0 Å². The molecule has 0 amide bonds. The molecule has 0 fully saturated rings. The first-order valence-electron chi connectivity index (χ1n) is 4.46. The second-order valence-corrected chi connectivity index (χ2v) is 4.58. The SMILES string of the molecule is CSc1cn(C)c2cc(Cl)ccc2c1=O. The van der Waals surface area contributed by atoms with E-state index in [1.165, 1.54) is 11.8 Å². The van der Waals surface area contributed by atoms with Crippen molar-refractivity contribution in [3.05, 3.63) is 39.6 Å². The Labute approximate surface area is 96.9 Å². The molecular formula is C11H10ClNOS. The third kappa shape index (κ3) is 1.77. The van der Waals surface area contributed by atoms with E-state index in [1.54, 1.807) is 12.1 Å². The van der Waals surface area contributed by atoms with Gasteiger partial charge in [-0.2, -0.15) is 0 Å². The monoisotopic (exact) mass is 239 g/mol. The highest BCUT2D eigenvalue weighted by molar-refractivity contribution is 7.98. The normalized spacial score (nSPS) is 10.9. The van der Waals surface area contributed by atoms with Gasteiger partial charge in [0.15, 0.2) is 0 Å². The standard InChI is InChI=1S/C11H10ClNOS/c1-13-6-10(15-2)11(14)8-4-3-7(12)5-9(8)13/h3-6H,1-2H3. The first-order valence-corrected chi connectivity index (χ1v) is 6.06. The van der Waals surface area contributed by atoms with Crippen LogP contribution in [0.2, 0.25) is 5.02 Å². The molecular weight excluding hydrogens is 230 g/mol. The smallest absolute Gasteiger partial charge is 0.202 e. The highest BCUT2D eigenvalue weighted by Gasteiger charge is 2.06. The minimum atomic E-state index is 0.0762. The van der Waals surface area contributed by atoms with Crippen LogP contribution in [0.1, 0.15) is 0 Å². The molecule has 0 spiro atoms. The van der Waals surface area contributed by atoms with E-state index in [0.29, 0.717) is 10.4 Å². The highest BCUT2D eigenvalue weighted by Crippen LogP contribution is 2.19. The van der Waals surface area contributed by atoms with E-state index in [1.807, 2.05) is 30.1 Å². The molecule has 2 rings (SSSR count). The number of aryl methyl sites for hydroxylation is 1. The van der Waals surface area contributed by atoms with Crippen LogP contribution < -0.4 is 5.43 Å². The van der Waals surface area contributed by atoms with Crippen LogP contribution in [0.15, 0.2) is 34.1 Å². The Kier molecular flexibility index (Phi) is 2.76. The van der Waals surface area contributed by atoms with Crippen molar-refractivity contribution in [1.29, 1.82) is 0 Å². The lowest BCUT2D eigenvalue weighted by Crippen LogP contribution is -2.09. The van der Waals surface area contributed by atoms with Crippen molar-refractivity contribution in [3.63, 3.8) is 0 Å². The molecule has 78 valence electrons. The molecule has 2 nitrogen and oxygen atoms in total. The van der Waals surface area contributed by atoms with Gasteiger partial charge in [0.25, 0.3) is 0 Å². The van der Waals surface area contributed by atoms with Gasteiger partial charge in [-0.3, -0.25) is 4.79 Å². The Morgan fingerprint density at radius 1 is 1.40 bits per heavy atom. The topological polar surface area (TPSA) is 22.0 Å². The summed E-state index contributed by atoms with van der Waals surface area (Å²) in [5.41, 5.74) is 0.942. The Hall–Kier alpha value is -0.930. The van der Waals surface area contributed by atoms with E-state index in [2.05, 4.69) is 0 Å². The number of fused-ring (bicyclic) bond motifs is 1. The Bertz CT molecular complexity index is 577. The molecule has 0 aliphatic rings. The first kappa shape index (κ1) is 10.6. The minimum absolute atomic E-state index is 0.0762.